The van der Waals surface area contributed by atoms with Crippen LogP contribution < -0.4 is 10.1 Å². The van der Waals surface area contributed by atoms with Crippen LogP contribution in [-0.2, 0) is 0 Å². The van der Waals surface area contributed by atoms with Crippen molar-refractivity contribution in [1.29, 1.82) is 0 Å². The Balaban J connectivity index is 1.94. The van der Waals surface area contributed by atoms with Crippen molar-refractivity contribution in [2.24, 2.45) is 0 Å². The molecule has 1 aliphatic heterocycles. The van der Waals surface area contributed by atoms with Crippen LogP contribution in [0.2, 0.25) is 0 Å². The fourth-order valence-corrected chi connectivity index (χ4v) is 2.58. The average molecular weight is 263 g/mol. The first-order valence-electron chi connectivity index (χ1n) is 6.76. The molecule has 5 nitrogen and oxygen atoms in total. The Morgan fingerprint density at radius 3 is 3.21 bits per heavy atom. The van der Waals surface area contributed by atoms with Gasteiger partial charge in [-0.05, 0) is 32.0 Å². The van der Waals surface area contributed by atoms with Gasteiger partial charge in [-0.1, -0.05) is 6.92 Å². The van der Waals surface area contributed by atoms with E-state index in [1.165, 1.54) is 6.42 Å². The Bertz CT molecular complexity index is 436. The summed E-state index contributed by atoms with van der Waals surface area (Å²) in [7, 11) is 1.56. The molecular weight excluding hydrogens is 242 g/mol. The van der Waals surface area contributed by atoms with Gasteiger partial charge in [-0.15, -0.1) is 0 Å². The van der Waals surface area contributed by atoms with Gasteiger partial charge in [0.1, 0.15) is 5.75 Å². The number of carbonyl (C=O) groups excluding carboxylic acids is 1. The van der Waals surface area contributed by atoms with Crippen LogP contribution >= 0.6 is 0 Å². The number of methoxy groups -OCH3 is 1. The minimum atomic E-state index is -0.118. The smallest absolute Gasteiger partial charge is 0.256 e. The fourth-order valence-electron chi connectivity index (χ4n) is 2.58. The molecule has 5 heteroatoms. The third-order valence-electron chi connectivity index (χ3n) is 3.65. The maximum atomic E-state index is 12.1. The number of likely N-dealkylation sites (tertiary alicyclic amines) is 1. The molecule has 19 heavy (non-hydrogen) atoms. The molecule has 2 rings (SSSR count). The van der Waals surface area contributed by atoms with Crippen LogP contribution in [-0.4, -0.2) is 48.6 Å². The highest BCUT2D eigenvalue weighted by Crippen LogP contribution is 2.17. The number of ether oxygens (including phenoxy) is 1. The number of amides is 1. The third kappa shape index (κ3) is 3.23. The van der Waals surface area contributed by atoms with E-state index < -0.39 is 0 Å². The Morgan fingerprint density at radius 1 is 1.63 bits per heavy atom. The number of likely N-dealkylation sites (N-methyl/N-ethyl adjacent to an activating group) is 1. The van der Waals surface area contributed by atoms with Gasteiger partial charge < -0.3 is 10.1 Å². The summed E-state index contributed by atoms with van der Waals surface area (Å²) in [6.07, 6.45) is 5.52. The lowest BCUT2D eigenvalue weighted by molar-refractivity contribution is 0.0938. The second kappa shape index (κ2) is 6.52. The molecule has 0 radical (unpaired) electrons. The van der Waals surface area contributed by atoms with Gasteiger partial charge in [0.25, 0.3) is 5.91 Å². The van der Waals surface area contributed by atoms with E-state index in [1.807, 2.05) is 0 Å². The van der Waals surface area contributed by atoms with Crippen LogP contribution in [0.3, 0.4) is 0 Å². The van der Waals surface area contributed by atoms with Crippen molar-refractivity contribution in [2.75, 3.05) is 26.7 Å². The summed E-state index contributed by atoms with van der Waals surface area (Å²) in [6, 6.07) is 2.15. The van der Waals surface area contributed by atoms with Crippen molar-refractivity contribution in [2.45, 2.75) is 25.8 Å². The van der Waals surface area contributed by atoms with Crippen molar-refractivity contribution in [1.82, 2.24) is 15.2 Å². The Kier molecular flexibility index (Phi) is 4.74. The molecule has 1 N–H and O–H groups in total. The zero-order valence-electron chi connectivity index (χ0n) is 11.6. The predicted molar refractivity (Wildman–Crippen MR) is 73.4 cm³/mol. The second-order valence-corrected chi connectivity index (χ2v) is 4.71. The van der Waals surface area contributed by atoms with E-state index in [1.54, 1.807) is 25.6 Å². The first-order valence-corrected chi connectivity index (χ1v) is 6.76. The second-order valence-electron chi connectivity index (χ2n) is 4.71. The maximum absolute atomic E-state index is 12.1. The molecule has 1 saturated heterocycles. The van der Waals surface area contributed by atoms with Gasteiger partial charge >= 0.3 is 0 Å². The topological polar surface area (TPSA) is 54.5 Å². The summed E-state index contributed by atoms with van der Waals surface area (Å²) < 4.78 is 5.17. The normalized spacial score (nSPS) is 19.4. The lowest BCUT2D eigenvalue weighted by atomic mass is 10.2. The minimum absolute atomic E-state index is 0.118. The van der Waals surface area contributed by atoms with Gasteiger partial charge in [0.2, 0.25) is 0 Å². The zero-order valence-corrected chi connectivity index (χ0v) is 11.6. The van der Waals surface area contributed by atoms with Gasteiger partial charge in [0, 0.05) is 25.0 Å². The van der Waals surface area contributed by atoms with E-state index >= 15 is 0 Å². The quantitative estimate of drug-likeness (QED) is 0.870. The molecule has 1 unspecified atom stereocenters. The highest BCUT2D eigenvalue weighted by atomic mass is 16.5. The van der Waals surface area contributed by atoms with Gasteiger partial charge in [-0.2, -0.15) is 0 Å². The molecule has 2 heterocycles. The van der Waals surface area contributed by atoms with Gasteiger partial charge in [0.05, 0.1) is 12.7 Å². The summed E-state index contributed by atoms with van der Waals surface area (Å²) in [4.78, 5) is 18.5. The lowest BCUT2D eigenvalue weighted by Crippen LogP contribution is -2.40. The Morgan fingerprint density at radius 2 is 2.47 bits per heavy atom. The van der Waals surface area contributed by atoms with E-state index in [0.717, 1.165) is 19.5 Å². The molecule has 1 aromatic heterocycles. The minimum Gasteiger partial charge on any atom is -0.496 e. The van der Waals surface area contributed by atoms with E-state index in [-0.39, 0.29) is 5.91 Å². The molecule has 1 amide bonds. The zero-order chi connectivity index (χ0) is 13.7. The first-order chi connectivity index (χ1) is 9.26. The highest BCUT2D eigenvalue weighted by molar-refractivity contribution is 5.96. The van der Waals surface area contributed by atoms with Crippen molar-refractivity contribution < 1.29 is 9.53 Å². The summed E-state index contributed by atoms with van der Waals surface area (Å²) >= 11 is 0. The number of rotatable bonds is 5. The van der Waals surface area contributed by atoms with Crippen LogP contribution in [0.5, 0.6) is 5.75 Å². The summed E-state index contributed by atoms with van der Waals surface area (Å²) in [6.45, 7) is 5.01. The van der Waals surface area contributed by atoms with E-state index in [2.05, 4.69) is 22.1 Å². The Hall–Kier alpha value is -1.62. The first kappa shape index (κ1) is 13.8. The van der Waals surface area contributed by atoms with Crippen LogP contribution in [0, 0.1) is 0 Å². The maximum Gasteiger partial charge on any atom is 0.256 e. The standard InChI is InChI=1S/C14H21N3O2/c1-3-17-8-4-5-11(17)9-16-14(18)12-10-15-7-6-13(12)19-2/h6-7,10-11H,3-5,8-9H2,1-2H3,(H,16,18). The fraction of sp³-hybridized carbons (Fsp3) is 0.571. The molecule has 0 spiro atoms. The number of carbonyl (C=O) groups is 1. The number of nitrogens with one attached hydrogen (secondary N) is 1. The molecule has 1 atom stereocenters. The van der Waals surface area contributed by atoms with Crippen LogP contribution in [0.1, 0.15) is 30.1 Å². The number of hydrogen-bond acceptors (Lipinski definition) is 4. The van der Waals surface area contributed by atoms with Crippen molar-refractivity contribution in [3.05, 3.63) is 24.0 Å². The van der Waals surface area contributed by atoms with Crippen LogP contribution in [0.25, 0.3) is 0 Å². The van der Waals surface area contributed by atoms with E-state index in [4.69, 9.17) is 4.74 Å². The summed E-state index contributed by atoms with van der Waals surface area (Å²) in [5, 5.41) is 2.98. The molecule has 104 valence electrons. The number of nitrogens with zero attached hydrogens (tertiary/aromatic N) is 2. The third-order valence-corrected chi connectivity index (χ3v) is 3.65. The van der Waals surface area contributed by atoms with Crippen LogP contribution in [0.4, 0.5) is 0 Å². The Labute approximate surface area is 114 Å². The number of pyridine rings is 1. The van der Waals surface area contributed by atoms with Crippen molar-refractivity contribution >= 4 is 5.91 Å². The SMILES string of the molecule is CCN1CCCC1CNC(=O)c1cnccc1OC. The van der Waals surface area contributed by atoms with Gasteiger partial charge in [-0.25, -0.2) is 0 Å². The van der Waals surface area contributed by atoms with Gasteiger partial charge in [-0.3, -0.25) is 14.7 Å². The van der Waals surface area contributed by atoms with Crippen molar-refractivity contribution in [3.8, 4) is 5.75 Å². The monoisotopic (exact) mass is 263 g/mol. The van der Waals surface area contributed by atoms with E-state index in [9.17, 15) is 4.79 Å². The summed E-state index contributed by atoms with van der Waals surface area (Å²) in [5.74, 6) is 0.444. The van der Waals surface area contributed by atoms with Gasteiger partial charge in [0.15, 0.2) is 0 Å². The van der Waals surface area contributed by atoms with Crippen molar-refractivity contribution in [3.63, 3.8) is 0 Å². The molecule has 0 aromatic carbocycles. The largest absolute Gasteiger partial charge is 0.496 e. The number of aromatic nitrogens is 1. The molecule has 1 fully saturated rings. The lowest BCUT2D eigenvalue weighted by Gasteiger charge is -2.23. The average Bonchev–Trinajstić information content (AvgIpc) is 2.92. The molecule has 0 bridgehead atoms. The molecule has 1 aliphatic rings. The molecule has 0 aliphatic carbocycles. The summed E-state index contributed by atoms with van der Waals surface area (Å²) in [5.41, 5.74) is 0.492. The predicted octanol–water partition coefficient (Wildman–Crippen LogP) is 1.30. The van der Waals surface area contributed by atoms with Crippen LogP contribution in [0.15, 0.2) is 18.5 Å². The molecule has 1 aromatic rings. The molecular formula is C14H21N3O2. The highest BCUT2D eigenvalue weighted by Gasteiger charge is 2.23. The molecule has 0 saturated carbocycles. The van der Waals surface area contributed by atoms with E-state index in [0.29, 0.717) is 23.9 Å². The number of hydrogen-bond donors (Lipinski definition) is 1.